The van der Waals surface area contributed by atoms with Gasteiger partial charge in [0.25, 0.3) is 5.91 Å². The molecule has 29 heavy (non-hydrogen) atoms. The third-order valence-electron chi connectivity index (χ3n) is 5.32. The van der Waals surface area contributed by atoms with E-state index in [9.17, 15) is 9.59 Å². The Morgan fingerprint density at radius 1 is 1.34 bits per heavy atom. The molecule has 2 amide bonds. The van der Waals surface area contributed by atoms with Crippen LogP contribution in [0.4, 0.5) is 0 Å². The summed E-state index contributed by atoms with van der Waals surface area (Å²) in [6.07, 6.45) is 3.81. The van der Waals surface area contributed by atoms with Crippen molar-refractivity contribution in [2.24, 2.45) is 0 Å². The normalized spacial score (nSPS) is 14.7. The Morgan fingerprint density at radius 3 is 2.97 bits per heavy atom. The Balaban J connectivity index is 1.54. The fraction of sp³-hybridized carbons (Fsp3) is 0.429. The van der Waals surface area contributed by atoms with Crippen molar-refractivity contribution in [3.63, 3.8) is 0 Å². The van der Waals surface area contributed by atoms with Crippen LogP contribution >= 0.6 is 11.3 Å². The quantitative estimate of drug-likeness (QED) is 0.700. The highest BCUT2D eigenvalue weighted by molar-refractivity contribution is 7.10. The highest BCUT2D eigenvalue weighted by Gasteiger charge is 2.29. The second kappa shape index (κ2) is 7.94. The zero-order valence-corrected chi connectivity index (χ0v) is 17.8. The molecule has 1 aliphatic rings. The first-order chi connectivity index (χ1) is 14.0. The Hall–Kier alpha value is -2.74. The summed E-state index contributed by atoms with van der Waals surface area (Å²) < 4.78 is 1.65. The number of aromatic nitrogens is 3. The number of hydrogen-bond acceptors (Lipinski definition) is 5. The van der Waals surface area contributed by atoms with Gasteiger partial charge in [-0.25, -0.2) is 9.50 Å². The predicted molar refractivity (Wildman–Crippen MR) is 112 cm³/mol. The van der Waals surface area contributed by atoms with Gasteiger partial charge in [0.1, 0.15) is 11.6 Å². The lowest BCUT2D eigenvalue weighted by Gasteiger charge is -2.30. The average molecular weight is 412 g/mol. The Morgan fingerprint density at radius 2 is 2.17 bits per heavy atom. The minimum absolute atomic E-state index is 0.0196. The average Bonchev–Trinajstić information content (AvgIpc) is 3.33. The Bertz CT molecular complexity index is 1070. The molecule has 1 unspecified atom stereocenters. The topological polar surface area (TPSA) is 79.6 Å². The zero-order chi connectivity index (χ0) is 20.5. The second-order valence-corrected chi connectivity index (χ2v) is 8.53. The molecule has 4 rings (SSSR count). The van der Waals surface area contributed by atoms with Crippen molar-refractivity contribution < 1.29 is 9.59 Å². The lowest BCUT2D eigenvalue weighted by atomic mass is 10.1. The summed E-state index contributed by atoms with van der Waals surface area (Å²) in [5, 5.41) is 9.31. The summed E-state index contributed by atoms with van der Waals surface area (Å²) in [5.74, 6) is -0.327. The maximum absolute atomic E-state index is 13.2. The van der Waals surface area contributed by atoms with Crippen molar-refractivity contribution in [2.75, 3.05) is 6.54 Å². The molecule has 0 saturated heterocycles. The number of nitrogens with zero attached hydrogens (tertiary/aromatic N) is 4. The summed E-state index contributed by atoms with van der Waals surface area (Å²) >= 11 is 1.75. The van der Waals surface area contributed by atoms with Gasteiger partial charge in [-0.05, 0) is 49.8 Å². The van der Waals surface area contributed by atoms with E-state index in [1.807, 2.05) is 31.7 Å². The fourth-order valence-electron chi connectivity index (χ4n) is 3.87. The van der Waals surface area contributed by atoms with Crippen LogP contribution < -0.4 is 5.32 Å². The number of aryl methyl sites for hydroxylation is 2. The number of thiophene rings is 1. The van der Waals surface area contributed by atoms with Crippen molar-refractivity contribution in [3.8, 4) is 0 Å². The van der Waals surface area contributed by atoms with Crippen LogP contribution in [-0.4, -0.2) is 43.9 Å². The molecule has 1 aliphatic heterocycles. The molecule has 3 aromatic heterocycles. The summed E-state index contributed by atoms with van der Waals surface area (Å²) in [6, 6.07) is 3.45. The number of rotatable bonds is 5. The molecule has 0 spiro atoms. The molecule has 0 saturated carbocycles. The Kier molecular flexibility index (Phi) is 5.36. The van der Waals surface area contributed by atoms with Crippen molar-refractivity contribution in [2.45, 2.75) is 52.6 Å². The zero-order valence-electron chi connectivity index (χ0n) is 16.9. The van der Waals surface area contributed by atoms with Crippen LogP contribution in [-0.2, 0) is 17.8 Å². The molecule has 1 N–H and O–H groups in total. The van der Waals surface area contributed by atoms with E-state index in [2.05, 4.69) is 26.8 Å². The number of carbonyl (C=O) groups excluding carboxylic acids is 2. The van der Waals surface area contributed by atoms with E-state index in [-0.39, 0.29) is 11.8 Å². The lowest BCUT2D eigenvalue weighted by Crippen LogP contribution is -2.49. The molecular weight excluding hydrogens is 386 g/mol. The van der Waals surface area contributed by atoms with E-state index < -0.39 is 6.04 Å². The molecule has 7 nitrogen and oxygen atoms in total. The lowest BCUT2D eigenvalue weighted by molar-refractivity contribution is -0.134. The van der Waals surface area contributed by atoms with Gasteiger partial charge >= 0.3 is 0 Å². The van der Waals surface area contributed by atoms with Gasteiger partial charge in [-0.15, -0.1) is 11.3 Å². The van der Waals surface area contributed by atoms with Gasteiger partial charge < -0.3 is 10.2 Å². The molecule has 4 heterocycles. The van der Waals surface area contributed by atoms with Gasteiger partial charge in [0.15, 0.2) is 5.65 Å². The maximum Gasteiger partial charge on any atom is 0.257 e. The molecule has 0 aliphatic carbocycles. The third-order valence-corrected chi connectivity index (χ3v) is 6.35. The van der Waals surface area contributed by atoms with E-state index in [1.165, 1.54) is 16.6 Å². The van der Waals surface area contributed by atoms with Crippen LogP contribution in [0.1, 0.15) is 52.0 Å². The van der Waals surface area contributed by atoms with Crippen LogP contribution in [0.15, 0.2) is 23.7 Å². The minimum Gasteiger partial charge on any atom is -0.340 e. The first-order valence-corrected chi connectivity index (χ1v) is 10.8. The van der Waals surface area contributed by atoms with E-state index >= 15 is 0 Å². The number of nitrogens with one attached hydrogen (secondary N) is 1. The van der Waals surface area contributed by atoms with Crippen LogP contribution in [0.3, 0.4) is 0 Å². The van der Waals surface area contributed by atoms with E-state index in [0.717, 1.165) is 24.2 Å². The first kappa shape index (κ1) is 19.6. The summed E-state index contributed by atoms with van der Waals surface area (Å²) in [6.45, 7) is 7.14. The molecule has 0 radical (unpaired) electrons. The van der Waals surface area contributed by atoms with Gasteiger partial charge in [0, 0.05) is 29.4 Å². The van der Waals surface area contributed by atoms with Crippen molar-refractivity contribution >= 4 is 28.8 Å². The van der Waals surface area contributed by atoms with E-state index in [1.54, 1.807) is 15.9 Å². The van der Waals surface area contributed by atoms with Gasteiger partial charge in [0.2, 0.25) is 5.91 Å². The molecule has 0 fully saturated rings. The highest BCUT2D eigenvalue weighted by Crippen LogP contribution is 2.24. The number of amides is 2. The van der Waals surface area contributed by atoms with Gasteiger partial charge in [-0.3, -0.25) is 9.59 Å². The van der Waals surface area contributed by atoms with Crippen molar-refractivity contribution in [1.82, 2.24) is 24.8 Å². The molecule has 1 atom stereocenters. The van der Waals surface area contributed by atoms with Crippen molar-refractivity contribution in [3.05, 3.63) is 51.1 Å². The number of hydrogen-bond donors (Lipinski definition) is 1. The molecule has 8 heteroatoms. The van der Waals surface area contributed by atoms with Crippen LogP contribution in [0, 0.1) is 13.8 Å². The monoisotopic (exact) mass is 411 g/mol. The van der Waals surface area contributed by atoms with Crippen molar-refractivity contribution in [1.29, 1.82) is 0 Å². The molecule has 0 aromatic carbocycles. The van der Waals surface area contributed by atoms with Gasteiger partial charge in [-0.2, -0.15) is 5.10 Å². The van der Waals surface area contributed by atoms with Crippen LogP contribution in [0.2, 0.25) is 0 Å². The SMILES string of the molecule is CCCC(NC(=O)c1cnn2c(C)cc(C)nc12)C(=O)N1CCc2sccc2C1. The Labute approximate surface area is 173 Å². The molecule has 152 valence electrons. The summed E-state index contributed by atoms with van der Waals surface area (Å²) in [4.78, 5) is 33.9. The van der Waals surface area contributed by atoms with Gasteiger partial charge in [0.05, 0.1) is 6.20 Å². The predicted octanol–water partition coefficient (Wildman–Crippen LogP) is 2.89. The molecule has 3 aromatic rings. The second-order valence-electron chi connectivity index (χ2n) is 7.53. The fourth-order valence-corrected chi connectivity index (χ4v) is 4.76. The third kappa shape index (κ3) is 3.76. The van der Waals surface area contributed by atoms with Gasteiger partial charge in [-0.1, -0.05) is 13.3 Å². The molecule has 0 bridgehead atoms. The van der Waals surface area contributed by atoms with Crippen LogP contribution in [0.25, 0.3) is 5.65 Å². The molecular formula is C21H25N5O2S. The minimum atomic E-state index is -0.548. The van der Waals surface area contributed by atoms with E-state index in [4.69, 9.17) is 0 Å². The number of carbonyl (C=O) groups is 2. The largest absolute Gasteiger partial charge is 0.340 e. The standard InChI is InChI=1S/C21H25N5O2S/c1-4-5-17(21(28)25-8-6-18-15(12-25)7-9-29-18)24-20(27)16-11-22-26-14(3)10-13(2)23-19(16)26/h7,9-11,17H,4-6,8,12H2,1-3H3,(H,24,27). The number of fused-ring (bicyclic) bond motifs is 2. The summed E-state index contributed by atoms with van der Waals surface area (Å²) in [7, 11) is 0. The maximum atomic E-state index is 13.2. The van der Waals surface area contributed by atoms with Crippen LogP contribution in [0.5, 0.6) is 0 Å². The van der Waals surface area contributed by atoms with E-state index in [0.29, 0.717) is 30.7 Å². The first-order valence-electron chi connectivity index (χ1n) is 9.94. The smallest absolute Gasteiger partial charge is 0.257 e. The highest BCUT2D eigenvalue weighted by atomic mass is 32.1. The summed E-state index contributed by atoms with van der Waals surface area (Å²) in [5.41, 5.74) is 3.86.